The minimum absolute atomic E-state index is 0. The van der Waals surface area contributed by atoms with Crippen molar-refractivity contribution in [2.24, 2.45) is 0 Å². The van der Waals surface area contributed by atoms with Crippen molar-refractivity contribution in [3.63, 3.8) is 0 Å². The summed E-state index contributed by atoms with van der Waals surface area (Å²) in [4.78, 5) is 8.41. The first-order chi connectivity index (χ1) is 32.5. The molecular weight excluding hydrogens is 1710 g/mol. The molecule has 0 amide bonds. The fourth-order valence-electron chi connectivity index (χ4n) is 9.24. The first-order valence-electron chi connectivity index (χ1n) is 22.5. The molecule has 8 nitrogen and oxygen atoms in total. The maximum absolute atomic E-state index is 10.1. The zero-order chi connectivity index (χ0) is 47.9. The van der Waals surface area contributed by atoms with E-state index in [0.717, 1.165) is 104 Å². The van der Waals surface area contributed by atoms with Crippen molar-refractivity contribution in [3.8, 4) is 0 Å². The van der Waals surface area contributed by atoms with Crippen LogP contribution in [0, 0.1) is 33.8 Å². The molecule has 10 rings (SSSR count). The van der Waals surface area contributed by atoms with Gasteiger partial charge in [-0.2, -0.15) is 12.1 Å². The number of aliphatic hydroxyl groups is 2. The van der Waals surface area contributed by atoms with E-state index in [1.165, 1.54) is 67.0 Å². The molecule has 2 atom stereocenters. The molecule has 4 aromatic carbocycles. The Bertz CT molecular complexity index is 2680. The van der Waals surface area contributed by atoms with Crippen molar-refractivity contribution >= 4 is 138 Å². The average molecular weight is 1770 g/mol. The fraction of sp³-hybridized carbons (Fsp3) is 0.296. The molecule has 2 aromatic heterocycles. The summed E-state index contributed by atoms with van der Waals surface area (Å²) in [5.41, 5.74) is 28.9. The van der Waals surface area contributed by atoms with Crippen molar-refractivity contribution in [1.82, 2.24) is 9.97 Å². The molecule has 368 valence electrons. The predicted molar refractivity (Wildman–Crippen MR) is 327 cm³/mol. The number of hydrogen-bond donors (Lipinski definition) is 6. The number of halogens is 6. The van der Waals surface area contributed by atoms with E-state index < -0.39 is 6.10 Å². The summed E-state index contributed by atoms with van der Waals surface area (Å²) >= 11 is 9.54. The maximum Gasteiger partial charge on any atom is 0.0516 e. The second-order valence-electron chi connectivity index (χ2n) is 17.0. The fourth-order valence-corrected chi connectivity index (χ4v) is 9.24. The van der Waals surface area contributed by atoms with E-state index in [2.05, 4.69) is 207 Å². The summed E-state index contributed by atoms with van der Waals surface area (Å²) < 4.78 is 0. The number of nitrogens with one attached hydrogen (secondary N) is 3. The van der Waals surface area contributed by atoms with E-state index in [9.17, 15) is 10.2 Å². The van der Waals surface area contributed by atoms with Gasteiger partial charge in [0, 0.05) is 106 Å². The van der Waals surface area contributed by atoms with E-state index in [-0.39, 0.29) is 51.1 Å². The van der Waals surface area contributed by atoms with Crippen LogP contribution in [0.1, 0.15) is 105 Å². The maximum atomic E-state index is 10.1. The quantitative estimate of drug-likeness (QED) is 0.0455. The van der Waals surface area contributed by atoms with Crippen LogP contribution in [-0.2, 0) is 46.7 Å². The number of aromatic nitrogens is 2. The minimum atomic E-state index is -0.434. The largest absolute Gasteiger partial charge is 0.399 e. The smallest absolute Gasteiger partial charge is 0.0516 e. The van der Waals surface area contributed by atoms with E-state index in [1.807, 2.05) is 18.2 Å². The van der Waals surface area contributed by atoms with E-state index in [4.69, 9.17) is 5.73 Å². The topological polar surface area (TPSA) is 128 Å². The Hall–Kier alpha value is -1.15. The van der Waals surface area contributed by atoms with Crippen LogP contribution >= 0.6 is 98.4 Å². The van der Waals surface area contributed by atoms with Gasteiger partial charge in [-0.3, -0.25) is 4.98 Å². The third kappa shape index (κ3) is 16.7. The van der Waals surface area contributed by atoms with E-state index >= 15 is 0 Å². The van der Waals surface area contributed by atoms with Gasteiger partial charge < -0.3 is 36.9 Å². The van der Waals surface area contributed by atoms with Gasteiger partial charge in [-0.25, -0.2) is 0 Å². The molecule has 7 N–H and O–H groups in total. The molecule has 6 aromatic rings. The molecule has 0 radical (unpaired) electrons. The summed E-state index contributed by atoms with van der Waals surface area (Å²) in [5.74, 6) is 0. The molecule has 0 saturated heterocycles. The van der Waals surface area contributed by atoms with Crippen molar-refractivity contribution in [2.75, 3.05) is 34.8 Å². The van der Waals surface area contributed by atoms with Crippen LogP contribution in [0.15, 0.2) is 109 Å². The van der Waals surface area contributed by atoms with Gasteiger partial charge in [0.05, 0.1) is 17.9 Å². The van der Waals surface area contributed by atoms with Gasteiger partial charge in [0.1, 0.15) is 0 Å². The molecule has 0 bridgehead atoms. The van der Waals surface area contributed by atoms with Crippen LogP contribution in [0.5, 0.6) is 0 Å². The third-order valence-electron chi connectivity index (χ3n) is 12.7. The number of benzene rings is 4. The molecule has 2 heterocycles. The number of hydrogen-bond acceptors (Lipinski definition) is 8. The summed E-state index contributed by atoms with van der Waals surface area (Å²) in [6.45, 7) is 10.5. The van der Waals surface area contributed by atoms with Crippen LogP contribution in [0.3, 0.4) is 0 Å². The molecule has 69 heavy (non-hydrogen) atoms. The number of aryl methyl sites for hydroxylation is 5. The van der Waals surface area contributed by atoms with Gasteiger partial charge in [-0.05, 0) is 188 Å². The molecular formula is C54H60I6N6O2W-2. The van der Waals surface area contributed by atoms with Crippen molar-refractivity contribution in [3.05, 3.63) is 183 Å². The Morgan fingerprint density at radius 2 is 1.20 bits per heavy atom. The zero-order valence-corrected chi connectivity index (χ0v) is 55.2. The molecule has 4 aliphatic rings. The molecule has 2 unspecified atom stereocenters. The van der Waals surface area contributed by atoms with Crippen molar-refractivity contribution < 1.29 is 44.5 Å². The molecule has 0 aliphatic heterocycles. The van der Waals surface area contributed by atoms with Gasteiger partial charge >= 0.3 is 50.5 Å². The number of aliphatic hydroxyl groups excluding tert-OH is 2. The number of nitrogens with two attached hydrogens (primary N) is 1. The van der Waals surface area contributed by atoms with Crippen LogP contribution < -0.4 is 34.9 Å². The summed E-state index contributed by atoms with van der Waals surface area (Å²) in [6.07, 6.45) is 15.0. The second kappa shape index (κ2) is 30.9. The first-order valence-corrected chi connectivity index (χ1v) is 41.4. The molecule has 15 heteroatoms. The summed E-state index contributed by atoms with van der Waals surface area (Å²) in [7, 11) is 0. The number of fused-ring (bicyclic) bond motifs is 4. The molecule has 0 fully saturated rings. The Morgan fingerprint density at radius 1 is 0.667 bits per heavy atom. The van der Waals surface area contributed by atoms with Crippen molar-refractivity contribution in [1.29, 1.82) is 0 Å². The van der Waals surface area contributed by atoms with Gasteiger partial charge in [-0.15, -0.1) is 29.5 Å². The zero-order valence-electron chi connectivity index (χ0n) is 39.2. The van der Waals surface area contributed by atoms with E-state index in [0.29, 0.717) is 13.3 Å². The van der Waals surface area contributed by atoms with Gasteiger partial charge in [0.2, 0.25) is 0 Å². The van der Waals surface area contributed by atoms with Crippen LogP contribution in [0.25, 0.3) is 11.1 Å². The third-order valence-corrected chi connectivity index (χ3v) is 12.7. The van der Waals surface area contributed by atoms with Crippen LogP contribution in [-0.4, -0.2) is 33.3 Å². The first kappa shape index (κ1) is 60.4. The Labute approximate surface area is 494 Å². The Morgan fingerprint density at radius 3 is 1.77 bits per heavy atom. The summed E-state index contributed by atoms with van der Waals surface area (Å²) in [5, 5.41) is 30.0. The van der Waals surface area contributed by atoms with Crippen molar-refractivity contribution in [2.45, 2.75) is 91.3 Å². The SMILES string of the molecule is Cc1cc(N)ccc1NCCC1=CCc2c(C)cccc21.Cc1cc(Nc2ccnc3c2CCC3O)ccc1NCCC1=CCc2c(C)cccc21.I.II.I[I-]I.OC1CCc2[c-]ccnc21.[W]. The number of pyridine rings is 2. The van der Waals surface area contributed by atoms with Gasteiger partial charge in [-0.1, -0.05) is 54.7 Å². The minimum Gasteiger partial charge on any atom is -0.399 e. The van der Waals surface area contributed by atoms with E-state index in [1.54, 1.807) is 18.5 Å². The second-order valence-corrected chi connectivity index (χ2v) is 33.2. The molecule has 4 aliphatic carbocycles. The summed E-state index contributed by atoms with van der Waals surface area (Å²) in [6, 6.07) is 32.5. The standard InChI is InChI=1S/C27H29N3O.C19H22N2.C8H8NO.I3.I2.HI.W/c1-17-4-3-5-22-19(6-8-21(17)22)12-14-28-24-10-7-20(16-18(24)2)30-25-13-15-29-27-23(25)9-11-26(27)31;1-13-4-3-5-18-15(6-8-17(13)18)10-11-21-19-9-7-16(20)12-14(19)2;10-7-4-3-6-2-1-5-9-8(6)7;1-3-2;1-2;;/h3-7,10,13,15-16,26,28,31H,8-9,11-12,14H2,1-2H3,(H,29,30);3-7,9,12,21H,8,10-11,20H2,1-2H3;1,5,7,10H,3-4H2;;;1H;/q;;2*-1;;;. The number of rotatable bonds is 10. The average Bonchev–Trinajstić information content (AvgIpc) is 4.14. The Kier molecular flexibility index (Phi) is 27.1. The monoisotopic (exact) mass is 1770 g/mol. The normalized spacial score (nSPS) is 15.1. The number of nitrogens with zero attached hydrogens (tertiary/aromatic N) is 2. The number of anilines is 5. The van der Waals surface area contributed by atoms with Crippen LogP contribution in [0.2, 0.25) is 0 Å². The van der Waals surface area contributed by atoms with Crippen LogP contribution in [0.4, 0.5) is 28.4 Å². The number of nitrogen functional groups attached to an aromatic ring is 1. The van der Waals surface area contributed by atoms with Gasteiger partial charge in [0.25, 0.3) is 0 Å². The predicted octanol–water partition coefficient (Wildman–Crippen LogP) is 12.2. The molecule has 0 spiro atoms. The molecule has 0 saturated carbocycles. The number of allylic oxidation sites excluding steroid dienone is 2. The Balaban J connectivity index is 0.000000235. The van der Waals surface area contributed by atoms with Gasteiger partial charge in [0.15, 0.2) is 0 Å².